The van der Waals surface area contributed by atoms with E-state index in [2.05, 4.69) is 59.8 Å². The molecule has 4 aliphatic heterocycles. The molecular formula is C38H61N3O6S2. The number of ether oxygens (including phenoxy) is 1. The van der Waals surface area contributed by atoms with Gasteiger partial charge in [-0.2, -0.15) is 0 Å². The highest BCUT2D eigenvalue weighted by Gasteiger charge is 2.47. The summed E-state index contributed by atoms with van der Waals surface area (Å²) in [6.45, 7) is 14.1. The monoisotopic (exact) mass is 719 g/mol. The van der Waals surface area contributed by atoms with Crippen molar-refractivity contribution in [1.82, 2.24) is 4.90 Å². The summed E-state index contributed by atoms with van der Waals surface area (Å²) < 4.78 is 49.3. The maximum Gasteiger partial charge on any atom is 0.119 e. The molecule has 3 saturated heterocycles. The van der Waals surface area contributed by atoms with Gasteiger partial charge in [-0.15, -0.1) is 0 Å². The minimum atomic E-state index is -3.92. The molecule has 2 bridgehead atoms. The van der Waals surface area contributed by atoms with Crippen molar-refractivity contribution < 1.29 is 31.5 Å². The molecule has 49 heavy (non-hydrogen) atoms. The van der Waals surface area contributed by atoms with Crippen LogP contribution in [0.25, 0.3) is 0 Å². The molecule has 0 spiro atoms. The highest BCUT2D eigenvalue weighted by Crippen LogP contribution is 2.50. The molecule has 0 aliphatic carbocycles. The van der Waals surface area contributed by atoms with E-state index in [-0.39, 0.29) is 5.92 Å². The number of hydrogen-bond acceptors (Lipinski definition) is 8. The van der Waals surface area contributed by atoms with Crippen molar-refractivity contribution in [3.8, 4) is 5.75 Å². The molecule has 2 aromatic rings. The van der Waals surface area contributed by atoms with Crippen LogP contribution in [0.2, 0.25) is 0 Å². The van der Waals surface area contributed by atoms with Gasteiger partial charge in [0.05, 0.1) is 49.0 Å². The van der Waals surface area contributed by atoms with Gasteiger partial charge in [0.15, 0.2) is 0 Å². The Labute approximate surface area is 297 Å². The molecular weight excluding hydrogens is 659 g/mol. The Balaban J connectivity index is 0.00000101. The van der Waals surface area contributed by atoms with Crippen LogP contribution in [-0.4, -0.2) is 122 Å². The molecule has 9 nitrogen and oxygen atoms in total. The maximum atomic E-state index is 14.5. The number of benzene rings is 2. The van der Waals surface area contributed by atoms with Crippen LogP contribution >= 0.6 is 0 Å². The van der Waals surface area contributed by atoms with Crippen LogP contribution in [0, 0.1) is 5.41 Å². The number of piperazine rings is 3. The molecule has 11 heteroatoms. The predicted octanol–water partition coefficient (Wildman–Crippen LogP) is 5.17. The zero-order chi connectivity index (χ0) is 35.9. The van der Waals surface area contributed by atoms with Gasteiger partial charge >= 0.3 is 0 Å². The van der Waals surface area contributed by atoms with E-state index in [1.807, 2.05) is 26.2 Å². The van der Waals surface area contributed by atoms with Gasteiger partial charge in [0.25, 0.3) is 0 Å². The van der Waals surface area contributed by atoms with Crippen LogP contribution in [-0.2, 0) is 19.6 Å². The van der Waals surface area contributed by atoms with Crippen molar-refractivity contribution in [2.45, 2.75) is 82.1 Å². The Hall–Kier alpha value is -2.15. The van der Waals surface area contributed by atoms with Crippen LogP contribution < -0.4 is 9.64 Å². The summed E-state index contributed by atoms with van der Waals surface area (Å²) in [5, 5.41) is 12.5. The molecule has 1 N–H and O–H groups in total. The number of unbranched alkanes of at least 4 members (excludes halogenated alkanes) is 3. The largest absolute Gasteiger partial charge is 0.748 e. The summed E-state index contributed by atoms with van der Waals surface area (Å²) >= 11 is 0. The first-order valence-electron chi connectivity index (χ1n) is 18.2. The molecule has 0 amide bonds. The van der Waals surface area contributed by atoms with Gasteiger partial charge in [-0.3, -0.25) is 9.11 Å². The molecule has 6 rings (SSSR count). The highest BCUT2D eigenvalue weighted by atomic mass is 32.2. The first-order valence-corrected chi connectivity index (χ1v) is 21.9. The number of nitrogens with zero attached hydrogens (tertiary/aromatic N) is 3. The third-order valence-electron chi connectivity index (χ3n) is 11.0. The molecule has 2 aromatic carbocycles. The van der Waals surface area contributed by atoms with Crippen LogP contribution in [0.15, 0.2) is 47.4 Å². The standard InChI is InChI=1S/C37H58N3O3S.CH4O3S/c1-6-8-18-37(19-9-7-2)29-44(5,42)34-17-14-31(38(3)4)28-33(34)35(36(37)41)30-12-15-32(16-13-30)43-27-11-10-23-40-24-20-39(21-25-40)22-26-40;1-5(2,3)4/h12-17,28,35-36,41H,5-11,18-27,29H2,1-4H3;1H3,(H,2,3,4)/q+1;/p-1/t35-,36-,44?;/m1./s1. The Morgan fingerprint density at radius 3 is 2.10 bits per heavy atom. The molecule has 0 aromatic heterocycles. The zero-order valence-corrected chi connectivity index (χ0v) is 32.2. The maximum absolute atomic E-state index is 14.5. The summed E-state index contributed by atoms with van der Waals surface area (Å²) in [5.41, 5.74) is 2.60. The van der Waals surface area contributed by atoms with Crippen molar-refractivity contribution in [3.05, 3.63) is 53.6 Å². The molecule has 1 unspecified atom stereocenters. The summed E-state index contributed by atoms with van der Waals surface area (Å²) in [6, 6.07) is 14.6. The van der Waals surface area contributed by atoms with Crippen molar-refractivity contribution >= 4 is 31.2 Å². The van der Waals surface area contributed by atoms with Crippen LogP contribution in [0.5, 0.6) is 5.75 Å². The summed E-state index contributed by atoms with van der Waals surface area (Å²) in [7, 11) is -2.47. The van der Waals surface area contributed by atoms with E-state index in [0.717, 1.165) is 79.0 Å². The average molecular weight is 720 g/mol. The first-order chi connectivity index (χ1) is 23.1. The Morgan fingerprint density at radius 2 is 1.57 bits per heavy atom. The fourth-order valence-electron chi connectivity index (χ4n) is 8.11. The van der Waals surface area contributed by atoms with E-state index in [0.29, 0.717) is 12.0 Å². The average Bonchev–Trinajstić information content (AvgIpc) is 3.13. The second kappa shape index (κ2) is 16.9. The third-order valence-corrected chi connectivity index (χ3v) is 13.2. The minimum absolute atomic E-state index is 0.281. The molecule has 276 valence electrons. The van der Waals surface area contributed by atoms with Gasteiger partial charge in [-0.05, 0) is 82.5 Å². The second-order valence-electron chi connectivity index (χ2n) is 15.0. The quantitative estimate of drug-likeness (QED) is 0.123. The van der Waals surface area contributed by atoms with Crippen molar-refractivity contribution in [2.24, 2.45) is 5.41 Å². The molecule has 0 radical (unpaired) electrons. The third kappa shape index (κ3) is 10.5. The molecule has 3 atom stereocenters. The Morgan fingerprint density at radius 1 is 1.00 bits per heavy atom. The van der Waals surface area contributed by atoms with E-state index in [1.54, 1.807) is 0 Å². The lowest BCUT2D eigenvalue weighted by Gasteiger charge is -2.50. The normalized spacial score (nSPS) is 27.4. The van der Waals surface area contributed by atoms with Crippen molar-refractivity contribution in [1.29, 1.82) is 0 Å². The number of anilines is 1. The van der Waals surface area contributed by atoms with Crippen LogP contribution in [0.4, 0.5) is 5.69 Å². The van der Waals surface area contributed by atoms with E-state index in [4.69, 9.17) is 17.7 Å². The van der Waals surface area contributed by atoms with Gasteiger partial charge in [-0.1, -0.05) is 51.7 Å². The number of hydrogen-bond donors (Lipinski definition) is 1. The highest BCUT2D eigenvalue weighted by molar-refractivity contribution is 8.00. The van der Waals surface area contributed by atoms with Crippen molar-refractivity contribution in [3.63, 3.8) is 0 Å². The summed E-state index contributed by atoms with van der Waals surface area (Å²) in [6.07, 6.45) is 8.06. The first kappa shape index (κ1) is 39.6. The smallest absolute Gasteiger partial charge is 0.119 e. The van der Waals surface area contributed by atoms with Crippen LogP contribution in [0.1, 0.15) is 82.3 Å². The van der Waals surface area contributed by atoms with Crippen LogP contribution in [0.3, 0.4) is 0 Å². The van der Waals surface area contributed by atoms with E-state index in [1.165, 1.54) is 56.7 Å². The van der Waals surface area contributed by atoms with Crippen molar-refractivity contribution in [2.75, 3.05) is 83.4 Å². The van der Waals surface area contributed by atoms with Gasteiger partial charge in [0.1, 0.15) is 5.75 Å². The number of fused-ring (bicyclic) bond motifs is 4. The van der Waals surface area contributed by atoms with Gasteiger partial charge in [-0.25, -0.2) is 8.42 Å². The van der Waals surface area contributed by atoms with E-state index < -0.39 is 31.2 Å². The number of quaternary nitrogens is 1. The van der Waals surface area contributed by atoms with Gasteiger partial charge < -0.3 is 23.8 Å². The fraction of sp³-hybridized carbons (Fsp3) is 0.658. The van der Waals surface area contributed by atoms with E-state index >= 15 is 0 Å². The zero-order valence-electron chi connectivity index (χ0n) is 30.6. The SMILES string of the molecule is C=S1(=O)CC(CCCC)(CCCC)[C@H](O)[C@H](c2ccc(OCCCC[N+]34CCN(CC3)CC4)cc2)c2cc(N(C)C)ccc21.CS(=O)(=O)[O-]. The number of aliphatic hydroxyl groups excluding tert-OH is 1. The lowest BCUT2D eigenvalue weighted by molar-refractivity contribution is -0.941. The topological polar surface area (TPSA) is 110 Å². The van der Waals surface area contributed by atoms with Gasteiger partial charge in [0, 0.05) is 67.7 Å². The Bertz CT molecular complexity index is 1540. The number of aliphatic hydroxyl groups is 1. The van der Waals surface area contributed by atoms with Gasteiger partial charge in [0.2, 0.25) is 0 Å². The summed E-state index contributed by atoms with van der Waals surface area (Å²) in [5.74, 6) is 5.40. The molecule has 3 fully saturated rings. The number of rotatable bonds is 14. The fourth-order valence-corrected chi connectivity index (χ4v) is 10.6. The summed E-state index contributed by atoms with van der Waals surface area (Å²) in [4.78, 5) is 5.49. The molecule has 0 saturated carbocycles. The predicted molar refractivity (Wildman–Crippen MR) is 201 cm³/mol. The second-order valence-corrected chi connectivity index (χ2v) is 18.7. The minimum Gasteiger partial charge on any atom is -0.748 e. The Kier molecular flexibility index (Phi) is 13.7. The lowest BCUT2D eigenvalue weighted by Crippen LogP contribution is -2.67. The molecule has 4 aliphatic rings. The lowest BCUT2D eigenvalue weighted by atomic mass is 9.68. The van der Waals surface area contributed by atoms with E-state index in [9.17, 15) is 9.32 Å². The molecule has 4 heterocycles.